The fraction of sp³-hybridized carbons (Fsp3) is 0.100. The van der Waals surface area contributed by atoms with Crippen LogP contribution < -0.4 is 5.32 Å². The highest BCUT2D eigenvalue weighted by molar-refractivity contribution is 9.10. The third kappa shape index (κ3) is 2.68. The molecule has 1 aromatic heterocycles. The van der Waals surface area contributed by atoms with Gasteiger partial charge in [0.05, 0.1) is 16.6 Å². The van der Waals surface area contributed by atoms with Crippen LogP contribution in [0.1, 0.15) is 16.2 Å². The Kier molecular flexibility index (Phi) is 3.48. The van der Waals surface area contributed by atoms with Crippen molar-refractivity contribution < 1.29 is 13.7 Å². The molecule has 0 aliphatic carbocycles. The van der Waals surface area contributed by atoms with E-state index in [1.165, 1.54) is 24.6 Å². The molecule has 17 heavy (non-hydrogen) atoms. The van der Waals surface area contributed by atoms with Gasteiger partial charge in [-0.05, 0) is 28.1 Å². The number of nitrogens with zero attached hydrogens (tertiary/aromatic N) is 2. The predicted molar refractivity (Wildman–Crippen MR) is 59.6 cm³/mol. The summed E-state index contributed by atoms with van der Waals surface area (Å²) < 4.78 is 17.8. The van der Waals surface area contributed by atoms with Gasteiger partial charge < -0.3 is 9.84 Å². The quantitative estimate of drug-likeness (QED) is 0.940. The van der Waals surface area contributed by atoms with Crippen molar-refractivity contribution in [2.24, 2.45) is 0 Å². The van der Waals surface area contributed by atoms with Crippen LogP contribution in [0.2, 0.25) is 0 Å². The monoisotopic (exact) mass is 299 g/mol. The molecule has 0 bridgehead atoms. The summed E-state index contributed by atoms with van der Waals surface area (Å²) in [5, 5.41) is 6.08. The average Bonchev–Trinajstić information content (AvgIpc) is 2.82. The minimum atomic E-state index is -0.489. The van der Waals surface area contributed by atoms with Crippen molar-refractivity contribution >= 4 is 21.8 Å². The minimum Gasteiger partial charge on any atom is -0.345 e. The van der Waals surface area contributed by atoms with Gasteiger partial charge in [-0.15, -0.1) is 0 Å². The molecule has 0 saturated carbocycles. The van der Waals surface area contributed by atoms with Crippen LogP contribution >= 0.6 is 15.9 Å². The summed E-state index contributed by atoms with van der Waals surface area (Å²) in [6, 6.07) is 4.24. The molecular formula is C10H7BrFN3O2. The molecule has 0 atom stereocenters. The number of nitrogens with one attached hydrogen (secondary N) is 1. The molecule has 0 saturated heterocycles. The number of rotatable bonds is 3. The van der Waals surface area contributed by atoms with Crippen LogP contribution in [0.5, 0.6) is 0 Å². The van der Waals surface area contributed by atoms with Gasteiger partial charge in [0.15, 0.2) is 5.82 Å². The average molecular weight is 300 g/mol. The van der Waals surface area contributed by atoms with Gasteiger partial charge >= 0.3 is 0 Å². The van der Waals surface area contributed by atoms with Crippen LogP contribution in [0.4, 0.5) is 4.39 Å². The smallest absolute Gasteiger partial charge is 0.252 e. The maximum Gasteiger partial charge on any atom is 0.252 e. The zero-order chi connectivity index (χ0) is 12.3. The minimum absolute atomic E-state index is 0.123. The van der Waals surface area contributed by atoms with Gasteiger partial charge in [-0.25, -0.2) is 4.39 Å². The molecule has 1 amide bonds. The Morgan fingerprint density at radius 3 is 3.06 bits per heavy atom. The molecule has 0 unspecified atom stereocenters. The van der Waals surface area contributed by atoms with Crippen molar-refractivity contribution in [3.63, 3.8) is 0 Å². The molecule has 1 N–H and O–H groups in total. The molecule has 2 aromatic rings. The van der Waals surface area contributed by atoms with Crippen LogP contribution in [0.3, 0.4) is 0 Å². The van der Waals surface area contributed by atoms with E-state index in [0.29, 0.717) is 5.82 Å². The Hall–Kier alpha value is -1.76. The SMILES string of the molecule is O=C(NCc1ncon1)c1cccc(F)c1Br. The molecule has 0 aliphatic heterocycles. The lowest BCUT2D eigenvalue weighted by atomic mass is 10.2. The molecular weight excluding hydrogens is 293 g/mol. The van der Waals surface area contributed by atoms with Crippen molar-refractivity contribution in [3.8, 4) is 0 Å². The number of carbonyl (C=O) groups is 1. The molecule has 5 nitrogen and oxygen atoms in total. The summed E-state index contributed by atoms with van der Waals surface area (Å²) in [5.41, 5.74) is 0.216. The topological polar surface area (TPSA) is 68.0 Å². The van der Waals surface area contributed by atoms with Crippen molar-refractivity contribution in [3.05, 3.63) is 46.3 Å². The van der Waals surface area contributed by atoms with Crippen molar-refractivity contribution in [2.45, 2.75) is 6.54 Å². The molecule has 88 valence electrons. The van der Waals surface area contributed by atoms with Gasteiger partial charge in [-0.1, -0.05) is 11.2 Å². The first-order chi connectivity index (χ1) is 8.18. The number of amides is 1. The van der Waals surface area contributed by atoms with Crippen LogP contribution in [0.15, 0.2) is 33.6 Å². The zero-order valence-electron chi connectivity index (χ0n) is 8.48. The molecule has 0 spiro atoms. The second-order valence-corrected chi connectivity index (χ2v) is 3.92. The maximum absolute atomic E-state index is 13.2. The first-order valence-electron chi connectivity index (χ1n) is 4.66. The van der Waals surface area contributed by atoms with Gasteiger partial charge in [0.2, 0.25) is 6.39 Å². The highest BCUT2D eigenvalue weighted by Gasteiger charge is 2.13. The number of carbonyl (C=O) groups excluding carboxylic acids is 1. The fourth-order valence-electron chi connectivity index (χ4n) is 1.20. The maximum atomic E-state index is 13.2. The van der Waals surface area contributed by atoms with E-state index < -0.39 is 11.7 Å². The summed E-state index contributed by atoms with van der Waals surface area (Å²) >= 11 is 3.01. The number of benzene rings is 1. The van der Waals surface area contributed by atoms with E-state index in [0.717, 1.165) is 0 Å². The highest BCUT2D eigenvalue weighted by Crippen LogP contribution is 2.20. The lowest BCUT2D eigenvalue weighted by Gasteiger charge is -2.05. The third-order valence-corrected chi connectivity index (χ3v) is 2.82. The number of hydrogen-bond acceptors (Lipinski definition) is 4. The normalized spacial score (nSPS) is 10.2. The largest absolute Gasteiger partial charge is 0.345 e. The number of halogens is 2. The lowest BCUT2D eigenvalue weighted by molar-refractivity contribution is 0.0948. The first-order valence-corrected chi connectivity index (χ1v) is 5.45. The summed E-state index contributed by atoms with van der Waals surface area (Å²) in [6.45, 7) is 0.123. The van der Waals surface area contributed by atoms with Gasteiger partial charge in [-0.2, -0.15) is 4.98 Å². The molecule has 0 fully saturated rings. The van der Waals surface area contributed by atoms with E-state index in [9.17, 15) is 9.18 Å². The Morgan fingerprint density at radius 2 is 2.35 bits per heavy atom. The number of hydrogen-bond donors (Lipinski definition) is 1. The van der Waals surface area contributed by atoms with E-state index in [-0.39, 0.29) is 16.6 Å². The van der Waals surface area contributed by atoms with E-state index >= 15 is 0 Å². The van der Waals surface area contributed by atoms with Crippen LogP contribution in [-0.4, -0.2) is 16.0 Å². The number of aromatic nitrogens is 2. The van der Waals surface area contributed by atoms with E-state index in [2.05, 4.69) is 35.9 Å². The van der Waals surface area contributed by atoms with Crippen molar-refractivity contribution in [1.82, 2.24) is 15.5 Å². The van der Waals surface area contributed by atoms with Crippen molar-refractivity contribution in [1.29, 1.82) is 0 Å². The zero-order valence-corrected chi connectivity index (χ0v) is 10.1. The Bertz CT molecular complexity index is 530. The van der Waals surface area contributed by atoms with E-state index in [1.54, 1.807) is 0 Å². The van der Waals surface area contributed by atoms with Gasteiger partial charge in [0, 0.05) is 0 Å². The van der Waals surface area contributed by atoms with Gasteiger partial charge in [-0.3, -0.25) is 4.79 Å². The summed E-state index contributed by atoms with van der Waals surface area (Å²) in [7, 11) is 0. The molecule has 0 aliphatic rings. The standard InChI is InChI=1S/C10H7BrFN3O2/c11-9-6(2-1-3-7(9)12)10(16)13-4-8-14-5-17-15-8/h1-3,5H,4H2,(H,13,16). The molecule has 7 heteroatoms. The summed E-state index contributed by atoms with van der Waals surface area (Å²) in [6.07, 6.45) is 1.17. The van der Waals surface area contributed by atoms with Gasteiger partial charge in [0.25, 0.3) is 5.91 Å². The summed E-state index contributed by atoms with van der Waals surface area (Å²) in [4.78, 5) is 15.5. The molecule has 0 radical (unpaired) electrons. The first kappa shape index (κ1) is 11.7. The Morgan fingerprint density at radius 1 is 1.53 bits per heavy atom. The molecule has 2 rings (SSSR count). The van der Waals surface area contributed by atoms with Gasteiger partial charge in [0.1, 0.15) is 5.82 Å². The second kappa shape index (κ2) is 5.05. The van der Waals surface area contributed by atoms with Crippen molar-refractivity contribution in [2.75, 3.05) is 0 Å². The lowest BCUT2D eigenvalue weighted by Crippen LogP contribution is -2.24. The third-order valence-electron chi connectivity index (χ3n) is 2.01. The Labute approximate surface area is 104 Å². The fourth-order valence-corrected chi connectivity index (χ4v) is 1.65. The predicted octanol–water partition coefficient (Wildman–Crippen LogP) is 1.90. The Balaban J connectivity index is 2.07. The van der Waals surface area contributed by atoms with E-state index in [1.807, 2.05) is 0 Å². The van der Waals surface area contributed by atoms with Crippen LogP contribution in [0.25, 0.3) is 0 Å². The molecule has 1 aromatic carbocycles. The highest BCUT2D eigenvalue weighted by atomic mass is 79.9. The molecule has 1 heterocycles. The second-order valence-electron chi connectivity index (χ2n) is 3.13. The van der Waals surface area contributed by atoms with Crippen LogP contribution in [-0.2, 0) is 6.54 Å². The summed E-state index contributed by atoms with van der Waals surface area (Å²) in [5.74, 6) is -0.552. The van der Waals surface area contributed by atoms with Crippen LogP contribution in [0, 0.1) is 5.82 Å². The van der Waals surface area contributed by atoms with E-state index in [4.69, 9.17) is 0 Å².